The maximum Gasteiger partial charge on any atom is 0.262 e. The molecule has 0 radical (unpaired) electrons. The molecule has 0 fully saturated rings. The fourth-order valence-corrected chi connectivity index (χ4v) is 3.90. The van der Waals surface area contributed by atoms with Crippen LogP contribution in [0.2, 0.25) is 0 Å². The number of thiazole rings is 1. The number of carbonyl (C=O) groups is 1. The van der Waals surface area contributed by atoms with Gasteiger partial charge in [0.05, 0.1) is 22.5 Å². The maximum atomic E-state index is 12.6. The highest BCUT2D eigenvalue weighted by atomic mass is 32.1. The Labute approximate surface area is 145 Å². The van der Waals surface area contributed by atoms with Crippen LogP contribution in [0.25, 0.3) is 16.2 Å². The van der Waals surface area contributed by atoms with E-state index in [0.29, 0.717) is 16.3 Å². The second-order valence-corrected chi connectivity index (χ2v) is 7.37. The summed E-state index contributed by atoms with van der Waals surface area (Å²) in [4.78, 5) is 23.4. The molecule has 120 valence electrons. The predicted octanol–water partition coefficient (Wildman–Crippen LogP) is 3.78. The largest absolute Gasteiger partial charge is 0.298 e. The van der Waals surface area contributed by atoms with Gasteiger partial charge in [-0.3, -0.25) is 10.1 Å². The number of rotatable bonds is 3. The lowest BCUT2D eigenvalue weighted by molar-refractivity contribution is 0.102. The lowest BCUT2D eigenvalue weighted by Crippen LogP contribution is -2.12. The normalized spacial score (nSPS) is 11.1. The van der Waals surface area contributed by atoms with Crippen molar-refractivity contribution in [3.05, 3.63) is 52.1 Å². The number of aromatic nitrogens is 4. The van der Waals surface area contributed by atoms with E-state index in [-0.39, 0.29) is 5.91 Å². The van der Waals surface area contributed by atoms with Crippen LogP contribution >= 0.6 is 22.7 Å². The maximum absolute atomic E-state index is 12.6. The van der Waals surface area contributed by atoms with Gasteiger partial charge >= 0.3 is 0 Å². The highest BCUT2D eigenvalue weighted by Crippen LogP contribution is 2.26. The summed E-state index contributed by atoms with van der Waals surface area (Å²) in [5, 5.41) is 9.77. The van der Waals surface area contributed by atoms with Crippen LogP contribution < -0.4 is 5.32 Å². The number of aryl methyl sites for hydroxylation is 2. The summed E-state index contributed by atoms with van der Waals surface area (Å²) in [5.74, 6) is -0.255. The molecule has 24 heavy (non-hydrogen) atoms. The predicted molar refractivity (Wildman–Crippen MR) is 95.8 cm³/mol. The number of thiophene rings is 1. The Kier molecular flexibility index (Phi) is 3.62. The molecule has 4 aromatic heterocycles. The van der Waals surface area contributed by atoms with Crippen LogP contribution in [0.4, 0.5) is 5.13 Å². The Morgan fingerprint density at radius 3 is 2.88 bits per heavy atom. The van der Waals surface area contributed by atoms with E-state index < -0.39 is 0 Å². The second-order valence-electron chi connectivity index (χ2n) is 5.22. The number of nitrogens with one attached hydrogen (secondary N) is 1. The molecule has 4 rings (SSSR count). The molecule has 1 N–H and O–H groups in total. The summed E-state index contributed by atoms with van der Waals surface area (Å²) in [6, 6.07) is 5.89. The van der Waals surface area contributed by atoms with Crippen molar-refractivity contribution in [2.24, 2.45) is 0 Å². The number of nitrogens with zero attached hydrogens (tertiary/aromatic N) is 4. The third-order valence-electron chi connectivity index (χ3n) is 3.67. The summed E-state index contributed by atoms with van der Waals surface area (Å²) in [7, 11) is 0. The van der Waals surface area contributed by atoms with Crippen LogP contribution in [-0.2, 0) is 0 Å². The van der Waals surface area contributed by atoms with E-state index in [4.69, 9.17) is 0 Å². The van der Waals surface area contributed by atoms with E-state index in [1.165, 1.54) is 11.3 Å². The van der Waals surface area contributed by atoms with E-state index in [1.807, 2.05) is 37.4 Å². The minimum absolute atomic E-state index is 0.255. The number of amides is 1. The van der Waals surface area contributed by atoms with Crippen molar-refractivity contribution < 1.29 is 4.79 Å². The van der Waals surface area contributed by atoms with Crippen LogP contribution in [-0.4, -0.2) is 25.5 Å². The number of anilines is 1. The molecule has 6 nitrogen and oxygen atoms in total. The van der Waals surface area contributed by atoms with Crippen molar-refractivity contribution >= 4 is 39.4 Å². The summed E-state index contributed by atoms with van der Waals surface area (Å²) >= 11 is 3.08. The zero-order valence-corrected chi connectivity index (χ0v) is 14.6. The van der Waals surface area contributed by atoms with Crippen molar-refractivity contribution in [3.8, 4) is 10.6 Å². The SMILES string of the molecule is Cc1nc(NC(=O)c2cnn3c(-c4cccs4)ccnc23)sc1C. The Bertz CT molecular complexity index is 1010. The van der Waals surface area contributed by atoms with E-state index in [1.54, 1.807) is 28.2 Å². The molecule has 0 bridgehead atoms. The number of carbonyl (C=O) groups excluding carboxylic acids is 1. The molecule has 0 unspecified atom stereocenters. The van der Waals surface area contributed by atoms with Gasteiger partial charge in [0.1, 0.15) is 5.56 Å². The Hall–Kier alpha value is -2.58. The molecule has 0 spiro atoms. The van der Waals surface area contributed by atoms with Crippen molar-refractivity contribution in [2.45, 2.75) is 13.8 Å². The number of hydrogen-bond acceptors (Lipinski definition) is 6. The van der Waals surface area contributed by atoms with E-state index in [2.05, 4.69) is 20.4 Å². The lowest BCUT2D eigenvalue weighted by Gasteiger charge is -2.02. The van der Waals surface area contributed by atoms with Gasteiger partial charge in [0, 0.05) is 11.1 Å². The van der Waals surface area contributed by atoms with E-state index in [0.717, 1.165) is 21.1 Å². The molecule has 0 saturated heterocycles. The highest BCUT2D eigenvalue weighted by Gasteiger charge is 2.18. The van der Waals surface area contributed by atoms with Gasteiger partial charge in [-0.15, -0.1) is 22.7 Å². The van der Waals surface area contributed by atoms with Crippen molar-refractivity contribution in [2.75, 3.05) is 5.32 Å². The minimum Gasteiger partial charge on any atom is -0.298 e. The lowest BCUT2D eigenvalue weighted by atomic mass is 10.3. The van der Waals surface area contributed by atoms with Gasteiger partial charge in [-0.05, 0) is 31.4 Å². The van der Waals surface area contributed by atoms with Gasteiger partial charge in [0.25, 0.3) is 5.91 Å². The Balaban J connectivity index is 1.72. The topological polar surface area (TPSA) is 72.2 Å². The highest BCUT2D eigenvalue weighted by molar-refractivity contribution is 7.15. The smallest absolute Gasteiger partial charge is 0.262 e. The first-order chi connectivity index (χ1) is 11.6. The molecule has 0 aliphatic heterocycles. The molecule has 4 aromatic rings. The van der Waals surface area contributed by atoms with Gasteiger partial charge < -0.3 is 0 Å². The van der Waals surface area contributed by atoms with Gasteiger partial charge in [-0.2, -0.15) is 5.10 Å². The molecule has 0 aliphatic carbocycles. The molecule has 0 saturated carbocycles. The van der Waals surface area contributed by atoms with Crippen LogP contribution in [0.3, 0.4) is 0 Å². The molecule has 0 atom stereocenters. The Morgan fingerprint density at radius 2 is 2.17 bits per heavy atom. The number of fused-ring (bicyclic) bond motifs is 1. The molecular formula is C16H13N5OS2. The van der Waals surface area contributed by atoms with Crippen LogP contribution in [0, 0.1) is 13.8 Å². The van der Waals surface area contributed by atoms with Crippen molar-refractivity contribution in [1.82, 2.24) is 19.6 Å². The average Bonchev–Trinajstić information content (AvgIpc) is 3.28. The molecular weight excluding hydrogens is 342 g/mol. The van der Waals surface area contributed by atoms with Gasteiger partial charge in [-0.25, -0.2) is 14.5 Å². The molecule has 8 heteroatoms. The minimum atomic E-state index is -0.255. The van der Waals surface area contributed by atoms with Gasteiger partial charge in [-0.1, -0.05) is 6.07 Å². The third-order valence-corrected chi connectivity index (χ3v) is 5.55. The Morgan fingerprint density at radius 1 is 1.29 bits per heavy atom. The molecule has 0 aromatic carbocycles. The van der Waals surface area contributed by atoms with E-state index >= 15 is 0 Å². The molecule has 1 amide bonds. The van der Waals surface area contributed by atoms with Crippen molar-refractivity contribution in [3.63, 3.8) is 0 Å². The first-order valence-electron chi connectivity index (χ1n) is 7.25. The zero-order valence-electron chi connectivity index (χ0n) is 13.0. The van der Waals surface area contributed by atoms with Gasteiger partial charge in [0.2, 0.25) is 0 Å². The second kappa shape index (κ2) is 5.81. The first-order valence-corrected chi connectivity index (χ1v) is 8.95. The monoisotopic (exact) mass is 355 g/mol. The fourth-order valence-electron chi connectivity index (χ4n) is 2.35. The zero-order chi connectivity index (χ0) is 16.7. The first kappa shape index (κ1) is 15.0. The van der Waals surface area contributed by atoms with Crippen molar-refractivity contribution in [1.29, 1.82) is 0 Å². The van der Waals surface area contributed by atoms with E-state index in [9.17, 15) is 4.79 Å². The van der Waals surface area contributed by atoms with Crippen LogP contribution in [0.1, 0.15) is 20.9 Å². The molecule has 4 heterocycles. The third kappa shape index (κ3) is 2.49. The standard InChI is InChI=1S/C16H13N5OS2/c1-9-10(2)24-16(19-9)20-15(22)11-8-18-21-12(5-6-17-14(11)21)13-4-3-7-23-13/h3-8H,1-2H3,(H,19,20,22). The number of hydrogen-bond donors (Lipinski definition) is 1. The van der Waals surface area contributed by atoms with Gasteiger partial charge in [0.15, 0.2) is 10.8 Å². The summed E-state index contributed by atoms with van der Waals surface area (Å²) < 4.78 is 1.69. The van der Waals surface area contributed by atoms with Crippen LogP contribution in [0.5, 0.6) is 0 Å². The van der Waals surface area contributed by atoms with Crippen LogP contribution in [0.15, 0.2) is 36.0 Å². The molecule has 0 aliphatic rings. The summed E-state index contributed by atoms with van der Waals surface area (Å²) in [6.07, 6.45) is 3.24. The fraction of sp³-hybridized carbons (Fsp3) is 0.125. The quantitative estimate of drug-likeness (QED) is 0.607. The summed E-state index contributed by atoms with van der Waals surface area (Å²) in [5.41, 5.74) is 2.80. The summed E-state index contributed by atoms with van der Waals surface area (Å²) in [6.45, 7) is 3.90. The average molecular weight is 355 g/mol.